The van der Waals surface area contributed by atoms with Gasteiger partial charge in [-0.1, -0.05) is 32.0 Å². The summed E-state index contributed by atoms with van der Waals surface area (Å²) < 4.78 is 1.78. The van der Waals surface area contributed by atoms with E-state index >= 15 is 0 Å². The first kappa shape index (κ1) is 15.3. The predicted molar refractivity (Wildman–Crippen MR) is 93.0 cm³/mol. The summed E-state index contributed by atoms with van der Waals surface area (Å²) >= 11 is 0. The summed E-state index contributed by atoms with van der Waals surface area (Å²) in [5.74, 6) is 0. The van der Waals surface area contributed by atoms with Crippen molar-refractivity contribution in [2.24, 2.45) is 0 Å². The number of hydrogen-bond acceptors (Lipinski definition) is 2. The quantitative estimate of drug-likeness (QED) is 0.687. The van der Waals surface area contributed by atoms with Gasteiger partial charge in [0, 0.05) is 11.0 Å². The molecule has 3 rings (SSSR count). The molecule has 0 aliphatic carbocycles. The molecule has 1 heterocycles. The van der Waals surface area contributed by atoms with Crippen molar-refractivity contribution in [1.82, 2.24) is 4.73 Å². The molecule has 118 valence electrons. The van der Waals surface area contributed by atoms with Crippen molar-refractivity contribution >= 4 is 11.0 Å². The number of rotatable bonds is 3. The van der Waals surface area contributed by atoms with Crippen LogP contribution in [0.4, 0.5) is 0 Å². The number of hydrogen-bond donors (Lipinski definition) is 0. The SMILES string of the molecule is CCc1cc2c(cc1CC)[n+](=O)c(-c1ccccc1)c(C)n2[O-]. The molecule has 23 heavy (non-hydrogen) atoms. The molecule has 3 aromatic rings. The lowest BCUT2D eigenvalue weighted by Crippen LogP contribution is -2.24. The van der Waals surface area contributed by atoms with E-state index in [2.05, 4.69) is 13.8 Å². The zero-order chi connectivity index (χ0) is 16.6. The average molecular weight is 308 g/mol. The van der Waals surface area contributed by atoms with Crippen LogP contribution in [0.15, 0.2) is 42.5 Å². The minimum atomic E-state index is 0.416. The topological polar surface area (TPSA) is 51.0 Å². The number of aromatic nitrogens is 2. The first-order valence-corrected chi connectivity index (χ1v) is 7.95. The highest BCUT2D eigenvalue weighted by Crippen LogP contribution is 2.25. The van der Waals surface area contributed by atoms with Crippen molar-refractivity contribution in [3.8, 4) is 11.3 Å². The third-order valence-electron chi connectivity index (χ3n) is 4.39. The highest BCUT2D eigenvalue weighted by Gasteiger charge is 2.22. The number of aryl methyl sites for hydroxylation is 2. The minimum Gasteiger partial charge on any atom is -0.805 e. The van der Waals surface area contributed by atoms with E-state index in [1.807, 2.05) is 42.5 Å². The maximum Gasteiger partial charge on any atom is 0.289 e. The van der Waals surface area contributed by atoms with Crippen LogP contribution in [0.5, 0.6) is 0 Å². The van der Waals surface area contributed by atoms with Crippen molar-refractivity contribution < 1.29 is 4.43 Å². The molecule has 0 spiro atoms. The lowest BCUT2D eigenvalue weighted by Gasteiger charge is -2.18. The van der Waals surface area contributed by atoms with Gasteiger partial charge in [0.1, 0.15) is 5.52 Å². The second kappa shape index (κ2) is 5.88. The van der Waals surface area contributed by atoms with Crippen molar-refractivity contribution in [2.75, 3.05) is 0 Å². The molecule has 0 fully saturated rings. The summed E-state index contributed by atoms with van der Waals surface area (Å²) in [6.07, 6.45) is 1.68. The Hall–Kier alpha value is -2.62. The predicted octanol–water partition coefficient (Wildman–Crippen LogP) is 4.00. The highest BCUT2D eigenvalue weighted by atomic mass is 16.5. The average Bonchev–Trinajstić information content (AvgIpc) is 2.59. The van der Waals surface area contributed by atoms with Crippen LogP contribution in [-0.2, 0) is 12.8 Å². The van der Waals surface area contributed by atoms with Gasteiger partial charge in [0.25, 0.3) is 11.2 Å². The first-order chi connectivity index (χ1) is 11.1. The van der Waals surface area contributed by atoms with E-state index in [-0.39, 0.29) is 0 Å². The molecule has 0 radical (unpaired) electrons. The Balaban J connectivity index is 2.44. The Morgan fingerprint density at radius 2 is 1.65 bits per heavy atom. The molecule has 0 amide bonds. The van der Waals surface area contributed by atoms with Gasteiger partial charge < -0.3 is 9.94 Å². The standard InChI is InChI=1S/C19H20N2O2/c1-4-14-11-17-18(12-15(14)5-2)21(23)19(13(3)20(17)22)16-9-7-6-8-10-16/h6-12H,4-5H2,1-3H3. The number of benzene rings is 2. The Labute approximate surface area is 135 Å². The van der Waals surface area contributed by atoms with E-state index in [1.165, 1.54) is 0 Å². The van der Waals surface area contributed by atoms with Gasteiger partial charge in [-0.15, -0.1) is 0 Å². The molecule has 0 saturated heterocycles. The summed E-state index contributed by atoms with van der Waals surface area (Å²) in [7, 11) is 0. The molecular weight excluding hydrogens is 288 g/mol. The molecule has 0 unspecified atom stereocenters. The van der Waals surface area contributed by atoms with Gasteiger partial charge in [0.05, 0.1) is 15.7 Å². The fourth-order valence-electron chi connectivity index (χ4n) is 3.11. The fourth-order valence-corrected chi connectivity index (χ4v) is 3.11. The van der Waals surface area contributed by atoms with E-state index in [0.717, 1.165) is 38.7 Å². The van der Waals surface area contributed by atoms with Gasteiger partial charge in [0.2, 0.25) is 0 Å². The van der Waals surface area contributed by atoms with Gasteiger partial charge in [-0.05, 0) is 49.1 Å². The Morgan fingerprint density at radius 1 is 1.04 bits per heavy atom. The Bertz CT molecular complexity index is 928. The molecule has 0 bridgehead atoms. The van der Waals surface area contributed by atoms with Crippen molar-refractivity contribution in [3.63, 3.8) is 0 Å². The van der Waals surface area contributed by atoms with Crippen LogP contribution in [-0.4, -0.2) is 4.73 Å². The summed E-state index contributed by atoms with van der Waals surface area (Å²) in [5, 5.41) is 12.7. The van der Waals surface area contributed by atoms with Gasteiger partial charge in [0.15, 0.2) is 0 Å². The van der Waals surface area contributed by atoms with E-state index < -0.39 is 0 Å². The maximum absolute atomic E-state index is 12.9. The van der Waals surface area contributed by atoms with E-state index in [0.29, 0.717) is 22.4 Å². The molecule has 0 atom stereocenters. The Morgan fingerprint density at radius 3 is 2.26 bits per heavy atom. The highest BCUT2D eigenvalue weighted by molar-refractivity contribution is 5.77. The Kier molecular flexibility index (Phi) is 3.90. The normalized spacial score (nSPS) is 11.1. The molecule has 0 saturated carbocycles. The molecular formula is C19H20N2O2. The number of nitrogens with zero attached hydrogens (tertiary/aromatic N) is 2. The van der Waals surface area contributed by atoms with Gasteiger partial charge in [-0.3, -0.25) is 0 Å². The zero-order valence-corrected chi connectivity index (χ0v) is 13.7. The number of fused-ring (bicyclic) bond motifs is 1. The van der Waals surface area contributed by atoms with Crippen molar-refractivity contribution in [2.45, 2.75) is 33.6 Å². The summed E-state index contributed by atoms with van der Waals surface area (Å²) in [5.41, 5.74) is 4.70. The summed E-state index contributed by atoms with van der Waals surface area (Å²) in [4.78, 5) is 12.9. The van der Waals surface area contributed by atoms with Crippen molar-refractivity contribution in [3.05, 3.63) is 69.4 Å². The zero-order valence-electron chi connectivity index (χ0n) is 13.7. The van der Waals surface area contributed by atoms with Crippen LogP contribution in [0.2, 0.25) is 0 Å². The van der Waals surface area contributed by atoms with E-state index in [9.17, 15) is 10.1 Å². The smallest absolute Gasteiger partial charge is 0.289 e. The summed E-state index contributed by atoms with van der Waals surface area (Å²) in [6.45, 7) is 5.82. The van der Waals surface area contributed by atoms with Gasteiger partial charge in [-0.25, -0.2) is 0 Å². The van der Waals surface area contributed by atoms with E-state index in [1.54, 1.807) is 6.92 Å². The van der Waals surface area contributed by atoms with Gasteiger partial charge >= 0.3 is 0 Å². The molecule has 0 aliphatic heterocycles. The maximum atomic E-state index is 12.9. The first-order valence-electron chi connectivity index (χ1n) is 7.95. The van der Waals surface area contributed by atoms with E-state index in [4.69, 9.17) is 0 Å². The van der Waals surface area contributed by atoms with Crippen LogP contribution in [0.25, 0.3) is 22.3 Å². The van der Waals surface area contributed by atoms with Crippen LogP contribution < -0.4 is 4.43 Å². The summed E-state index contributed by atoms with van der Waals surface area (Å²) in [6, 6.07) is 13.0. The van der Waals surface area contributed by atoms with Crippen LogP contribution in [0.3, 0.4) is 0 Å². The van der Waals surface area contributed by atoms with Crippen LogP contribution in [0.1, 0.15) is 30.7 Å². The molecule has 0 aliphatic rings. The largest absolute Gasteiger partial charge is 0.805 e. The third kappa shape index (κ3) is 2.40. The molecule has 1 aromatic heterocycles. The van der Waals surface area contributed by atoms with Crippen molar-refractivity contribution in [1.29, 1.82) is 0 Å². The van der Waals surface area contributed by atoms with Crippen LogP contribution >= 0.6 is 0 Å². The minimum absolute atomic E-state index is 0.416. The molecule has 0 N–H and O–H groups in total. The monoisotopic (exact) mass is 308 g/mol. The lowest BCUT2D eigenvalue weighted by atomic mass is 10.0. The molecule has 4 nitrogen and oxygen atoms in total. The second-order valence-corrected chi connectivity index (χ2v) is 5.71. The molecule has 2 aromatic carbocycles. The lowest BCUT2D eigenvalue weighted by molar-refractivity contribution is -0.452. The second-order valence-electron chi connectivity index (χ2n) is 5.71. The third-order valence-corrected chi connectivity index (χ3v) is 4.39. The molecule has 4 heteroatoms. The fraction of sp³-hybridized carbons (Fsp3) is 0.263. The van der Waals surface area contributed by atoms with Gasteiger partial charge in [-0.2, -0.15) is 0 Å². The van der Waals surface area contributed by atoms with Crippen LogP contribution in [0, 0.1) is 17.0 Å².